The van der Waals surface area contributed by atoms with Crippen LogP contribution in [0.5, 0.6) is 0 Å². The van der Waals surface area contributed by atoms with Crippen LogP contribution in [0.4, 0.5) is 20.7 Å². The number of halogens is 2. The average Bonchev–Trinajstić information content (AvgIpc) is 2.69. The minimum absolute atomic E-state index is 0.0292. The van der Waals surface area contributed by atoms with Gasteiger partial charge in [0.2, 0.25) is 0 Å². The van der Waals surface area contributed by atoms with Gasteiger partial charge in [0.25, 0.3) is 0 Å². The predicted octanol–water partition coefficient (Wildman–Crippen LogP) is 3.78. The smallest absolute Gasteiger partial charge is 0.322 e. The van der Waals surface area contributed by atoms with Gasteiger partial charge in [-0.3, -0.25) is 0 Å². The minimum Gasteiger partial charge on any atom is -0.372 e. The van der Waals surface area contributed by atoms with Crippen molar-refractivity contribution in [1.29, 1.82) is 0 Å². The number of hydrogen-bond acceptors (Lipinski definition) is 5. The van der Waals surface area contributed by atoms with Gasteiger partial charge in [0.05, 0.1) is 29.5 Å². The van der Waals surface area contributed by atoms with Crippen molar-refractivity contribution in [2.24, 2.45) is 0 Å². The summed E-state index contributed by atoms with van der Waals surface area (Å²) in [5.41, 5.74) is 2.41. The zero-order valence-electron chi connectivity index (χ0n) is 17.3. The van der Waals surface area contributed by atoms with E-state index in [2.05, 4.69) is 29.0 Å². The molecule has 2 unspecified atom stereocenters. The first-order valence-electron chi connectivity index (χ1n) is 10.1. The Morgan fingerprint density at radius 2 is 2.00 bits per heavy atom. The van der Waals surface area contributed by atoms with Crippen LogP contribution in [-0.4, -0.2) is 52.7 Å². The number of morpholine rings is 1. The standard InChI is InChI=1S/C21H25ClFN5O2/c1-12-9-28(10-13(2)30-12)20-16-11-27(7-6-19(16)24-14(3)25-20)21(29)26-15-4-5-18(23)17(22)8-15/h4-5,8,12-13H,6-7,9-11H2,1-3H3,(H,26,29). The Bertz CT molecular complexity index is 963. The molecule has 0 spiro atoms. The summed E-state index contributed by atoms with van der Waals surface area (Å²) in [5.74, 6) is 1.09. The highest BCUT2D eigenvalue weighted by Crippen LogP contribution is 2.29. The second-order valence-corrected chi connectivity index (χ2v) is 8.32. The van der Waals surface area contributed by atoms with Crippen molar-refractivity contribution in [1.82, 2.24) is 14.9 Å². The van der Waals surface area contributed by atoms with Gasteiger partial charge in [-0.1, -0.05) is 11.6 Å². The Kier molecular flexibility index (Phi) is 5.79. The minimum atomic E-state index is -0.521. The van der Waals surface area contributed by atoms with E-state index in [0.717, 1.165) is 36.0 Å². The summed E-state index contributed by atoms with van der Waals surface area (Å²) in [7, 11) is 0. The van der Waals surface area contributed by atoms with E-state index in [1.165, 1.54) is 18.2 Å². The Morgan fingerprint density at radius 3 is 2.70 bits per heavy atom. The van der Waals surface area contributed by atoms with Gasteiger partial charge in [0.1, 0.15) is 17.5 Å². The molecule has 4 rings (SSSR count). The SMILES string of the molecule is Cc1nc2c(c(N3CC(C)OC(C)C3)n1)CN(C(=O)Nc1ccc(F)c(Cl)c1)CC2. The predicted molar refractivity (Wildman–Crippen MR) is 114 cm³/mol. The van der Waals surface area contributed by atoms with Gasteiger partial charge in [0, 0.05) is 37.3 Å². The van der Waals surface area contributed by atoms with E-state index in [0.29, 0.717) is 25.2 Å². The molecule has 3 heterocycles. The van der Waals surface area contributed by atoms with Crippen LogP contribution in [0.2, 0.25) is 5.02 Å². The highest BCUT2D eigenvalue weighted by Gasteiger charge is 2.30. The number of nitrogens with one attached hydrogen (secondary N) is 1. The molecule has 1 fully saturated rings. The molecule has 0 saturated carbocycles. The Balaban J connectivity index is 1.56. The maximum absolute atomic E-state index is 13.4. The first-order chi connectivity index (χ1) is 14.3. The number of urea groups is 1. The Labute approximate surface area is 180 Å². The number of carbonyl (C=O) groups is 1. The third kappa shape index (κ3) is 4.34. The number of fused-ring (bicyclic) bond motifs is 1. The molecule has 2 atom stereocenters. The van der Waals surface area contributed by atoms with Gasteiger partial charge in [0.15, 0.2) is 0 Å². The summed E-state index contributed by atoms with van der Waals surface area (Å²) in [6, 6.07) is 3.87. The van der Waals surface area contributed by atoms with E-state index in [-0.39, 0.29) is 23.3 Å². The molecule has 1 aromatic carbocycles. The van der Waals surface area contributed by atoms with Crippen LogP contribution in [0.1, 0.15) is 30.9 Å². The lowest BCUT2D eigenvalue weighted by molar-refractivity contribution is -0.00557. The van der Waals surface area contributed by atoms with Gasteiger partial charge in [-0.05, 0) is 39.0 Å². The third-order valence-electron chi connectivity index (χ3n) is 5.33. The molecule has 0 radical (unpaired) electrons. The fourth-order valence-corrected chi connectivity index (χ4v) is 4.26. The maximum atomic E-state index is 13.4. The van der Waals surface area contributed by atoms with Crippen molar-refractivity contribution >= 4 is 29.1 Å². The van der Waals surface area contributed by atoms with Crippen molar-refractivity contribution in [3.05, 3.63) is 46.1 Å². The molecule has 2 aliphatic heterocycles. The number of hydrogen-bond donors (Lipinski definition) is 1. The summed E-state index contributed by atoms with van der Waals surface area (Å²) in [6.07, 6.45) is 0.857. The average molecular weight is 434 g/mol. The first-order valence-corrected chi connectivity index (χ1v) is 10.5. The van der Waals surface area contributed by atoms with Crippen LogP contribution in [-0.2, 0) is 17.7 Å². The quantitative estimate of drug-likeness (QED) is 0.780. The largest absolute Gasteiger partial charge is 0.372 e. The molecule has 160 valence electrons. The lowest BCUT2D eigenvalue weighted by Crippen LogP contribution is -2.47. The molecule has 9 heteroatoms. The number of aromatic nitrogens is 2. The topological polar surface area (TPSA) is 70.6 Å². The van der Waals surface area contributed by atoms with E-state index in [1.54, 1.807) is 4.90 Å². The number of rotatable bonds is 2. The molecule has 2 aromatic rings. The molecule has 1 saturated heterocycles. The van der Waals surface area contributed by atoms with Crippen LogP contribution in [0.15, 0.2) is 18.2 Å². The number of amides is 2. The zero-order valence-corrected chi connectivity index (χ0v) is 18.0. The van der Waals surface area contributed by atoms with Gasteiger partial charge in [-0.15, -0.1) is 0 Å². The van der Waals surface area contributed by atoms with E-state index in [4.69, 9.17) is 21.3 Å². The second kappa shape index (κ2) is 8.35. The highest BCUT2D eigenvalue weighted by molar-refractivity contribution is 6.31. The van der Waals surface area contributed by atoms with Crippen LogP contribution >= 0.6 is 11.6 Å². The molecular formula is C21H25ClFN5O2. The van der Waals surface area contributed by atoms with E-state index in [1.807, 2.05) is 6.92 Å². The van der Waals surface area contributed by atoms with Crippen LogP contribution in [0.25, 0.3) is 0 Å². The second-order valence-electron chi connectivity index (χ2n) is 7.91. The number of aryl methyl sites for hydroxylation is 1. The number of carbonyl (C=O) groups excluding carboxylic acids is 1. The van der Waals surface area contributed by atoms with Crippen molar-refractivity contribution < 1.29 is 13.9 Å². The summed E-state index contributed by atoms with van der Waals surface area (Å²) in [6.45, 7) is 8.44. The molecular weight excluding hydrogens is 409 g/mol. The van der Waals surface area contributed by atoms with E-state index in [9.17, 15) is 9.18 Å². The van der Waals surface area contributed by atoms with Crippen LogP contribution in [0, 0.1) is 12.7 Å². The fourth-order valence-electron chi connectivity index (χ4n) is 4.08. The summed E-state index contributed by atoms with van der Waals surface area (Å²) >= 11 is 5.82. The summed E-state index contributed by atoms with van der Waals surface area (Å²) < 4.78 is 19.2. The number of ether oxygens (including phenoxy) is 1. The molecule has 1 N–H and O–H groups in total. The molecule has 30 heavy (non-hydrogen) atoms. The van der Waals surface area contributed by atoms with Gasteiger partial charge < -0.3 is 19.9 Å². The van der Waals surface area contributed by atoms with Crippen LogP contribution < -0.4 is 10.2 Å². The monoisotopic (exact) mass is 433 g/mol. The molecule has 0 bridgehead atoms. The summed E-state index contributed by atoms with van der Waals surface area (Å²) in [5, 5.41) is 2.77. The molecule has 0 aliphatic carbocycles. The third-order valence-corrected chi connectivity index (χ3v) is 5.62. The molecule has 2 amide bonds. The number of nitrogens with zero attached hydrogens (tertiary/aromatic N) is 4. The molecule has 1 aromatic heterocycles. The van der Waals surface area contributed by atoms with Crippen LogP contribution in [0.3, 0.4) is 0 Å². The van der Waals surface area contributed by atoms with Gasteiger partial charge in [-0.2, -0.15) is 0 Å². The van der Waals surface area contributed by atoms with Crippen molar-refractivity contribution in [2.45, 2.75) is 45.9 Å². The number of anilines is 2. The molecule has 2 aliphatic rings. The lowest BCUT2D eigenvalue weighted by atomic mass is 10.0. The summed E-state index contributed by atoms with van der Waals surface area (Å²) in [4.78, 5) is 26.1. The molecule has 7 nitrogen and oxygen atoms in total. The number of benzene rings is 1. The normalized spacial score (nSPS) is 21.4. The van der Waals surface area contributed by atoms with E-state index >= 15 is 0 Å². The Morgan fingerprint density at radius 1 is 1.27 bits per heavy atom. The van der Waals surface area contributed by atoms with Crippen molar-refractivity contribution in [2.75, 3.05) is 29.9 Å². The van der Waals surface area contributed by atoms with Crippen molar-refractivity contribution in [3.63, 3.8) is 0 Å². The first kappa shape index (κ1) is 20.8. The lowest BCUT2D eigenvalue weighted by Gasteiger charge is -2.38. The maximum Gasteiger partial charge on any atom is 0.322 e. The fraction of sp³-hybridized carbons (Fsp3) is 0.476. The highest BCUT2D eigenvalue weighted by atomic mass is 35.5. The zero-order chi connectivity index (χ0) is 21.4. The van der Waals surface area contributed by atoms with E-state index < -0.39 is 5.82 Å². The van der Waals surface area contributed by atoms with Gasteiger partial charge in [-0.25, -0.2) is 19.2 Å². The Hall–Kier alpha value is -2.45. The van der Waals surface area contributed by atoms with Gasteiger partial charge >= 0.3 is 6.03 Å². The van der Waals surface area contributed by atoms with Crippen molar-refractivity contribution in [3.8, 4) is 0 Å².